The van der Waals surface area contributed by atoms with Gasteiger partial charge in [-0.2, -0.15) is 4.31 Å². The van der Waals surface area contributed by atoms with Gasteiger partial charge in [-0.1, -0.05) is 25.1 Å². The molecule has 1 aliphatic rings. The summed E-state index contributed by atoms with van der Waals surface area (Å²) in [5, 5.41) is 3.12. The van der Waals surface area contributed by atoms with Gasteiger partial charge in [0.1, 0.15) is 5.75 Å². The molecular formula is C25H34N2O4S. The van der Waals surface area contributed by atoms with Crippen molar-refractivity contribution in [3.63, 3.8) is 0 Å². The molecule has 0 radical (unpaired) electrons. The van der Waals surface area contributed by atoms with Crippen LogP contribution in [0.15, 0.2) is 41.3 Å². The zero-order valence-corrected chi connectivity index (χ0v) is 20.3. The standard InChI is InChI=1S/C25H34N2O4S/c1-5-23(20-9-8-18(2)19(3)16-20)26-25(28)13-10-21-17-22(11-12-24(21)31-4)32(29,30)27-14-6-7-15-27/h8-9,11-12,16-17,23H,5-7,10,13-15H2,1-4H3,(H,26,28)/t23-/m1/s1. The zero-order valence-electron chi connectivity index (χ0n) is 19.5. The first-order valence-corrected chi connectivity index (χ1v) is 12.7. The lowest BCUT2D eigenvalue weighted by atomic mass is 9.99. The van der Waals surface area contributed by atoms with E-state index < -0.39 is 10.0 Å². The first kappa shape index (κ1) is 24.3. The summed E-state index contributed by atoms with van der Waals surface area (Å²) in [4.78, 5) is 13.0. The Morgan fingerprint density at radius 2 is 1.81 bits per heavy atom. The molecule has 7 heteroatoms. The summed E-state index contributed by atoms with van der Waals surface area (Å²) in [6.07, 6.45) is 3.23. The second-order valence-electron chi connectivity index (χ2n) is 8.46. The van der Waals surface area contributed by atoms with Crippen molar-refractivity contribution in [1.29, 1.82) is 0 Å². The largest absolute Gasteiger partial charge is 0.496 e. The van der Waals surface area contributed by atoms with Crippen LogP contribution in [0.25, 0.3) is 0 Å². The van der Waals surface area contributed by atoms with E-state index in [1.165, 1.54) is 15.4 Å². The van der Waals surface area contributed by atoms with E-state index in [9.17, 15) is 13.2 Å². The summed E-state index contributed by atoms with van der Waals surface area (Å²) in [6, 6.07) is 11.1. The number of nitrogens with zero attached hydrogens (tertiary/aromatic N) is 1. The molecule has 6 nitrogen and oxygen atoms in total. The molecule has 3 rings (SSSR count). The van der Waals surface area contributed by atoms with Gasteiger partial charge in [-0.3, -0.25) is 4.79 Å². The maximum atomic E-state index is 12.9. The molecule has 1 atom stereocenters. The van der Waals surface area contributed by atoms with Gasteiger partial charge >= 0.3 is 0 Å². The van der Waals surface area contributed by atoms with Gasteiger partial charge in [0.05, 0.1) is 18.0 Å². The van der Waals surface area contributed by atoms with E-state index in [0.717, 1.165) is 30.4 Å². The van der Waals surface area contributed by atoms with Crippen LogP contribution in [0.2, 0.25) is 0 Å². The Hall–Kier alpha value is -2.38. The first-order valence-electron chi connectivity index (χ1n) is 11.3. The maximum Gasteiger partial charge on any atom is 0.243 e. The van der Waals surface area contributed by atoms with Crippen molar-refractivity contribution >= 4 is 15.9 Å². The van der Waals surface area contributed by atoms with Crippen molar-refractivity contribution in [2.45, 2.75) is 63.8 Å². The van der Waals surface area contributed by atoms with E-state index in [-0.39, 0.29) is 23.3 Å². The van der Waals surface area contributed by atoms with Crippen molar-refractivity contribution in [3.05, 3.63) is 58.7 Å². The number of hydrogen-bond donors (Lipinski definition) is 1. The Morgan fingerprint density at radius 1 is 1.09 bits per heavy atom. The molecule has 32 heavy (non-hydrogen) atoms. The van der Waals surface area contributed by atoms with Gasteiger partial charge in [0.25, 0.3) is 0 Å². The summed E-state index contributed by atoms with van der Waals surface area (Å²) in [5.74, 6) is 0.532. The van der Waals surface area contributed by atoms with E-state index in [1.807, 2.05) is 0 Å². The molecular weight excluding hydrogens is 424 g/mol. The number of carbonyl (C=O) groups is 1. The summed E-state index contributed by atoms with van der Waals surface area (Å²) in [5.41, 5.74) is 4.25. The summed E-state index contributed by atoms with van der Waals surface area (Å²) in [7, 11) is -1.96. The highest BCUT2D eigenvalue weighted by Crippen LogP contribution is 2.27. The molecule has 0 aromatic heterocycles. The highest BCUT2D eigenvalue weighted by molar-refractivity contribution is 7.89. The van der Waals surface area contributed by atoms with Gasteiger partial charge in [-0.05, 0) is 80.0 Å². The molecule has 1 amide bonds. The van der Waals surface area contributed by atoms with Crippen LogP contribution >= 0.6 is 0 Å². The number of nitrogens with one attached hydrogen (secondary N) is 1. The Kier molecular flexibility index (Phi) is 7.96. The monoisotopic (exact) mass is 458 g/mol. The second kappa shape index (κ2) is 10.5. The van der Waals surface area contributed by atoms with Gasteiger partial charge in [0, 0.05) is 19.5 Å². The summed E-state index contributed by atoms with van der Waals surface area (Å²) < 4.78 is 32.8. The SMILES string of the molecule is CC[C@@H](NC(=O)CCc1cc(S(=O)(=O)N2CCCC2)ccc1OC)c1ccc(C)c(C)c1. The van der Waals surface area contributed by atoms with Crippen LogP contribution in [0.1, 0.15) is 60.9 Å². The van der Waals surface area contributed by atoms with E-state index in [4.69, 9.17) is 4.74 Å². The fourth-order valence-electron chi connectivity index (χ4n) is 4.11. The number of ether oxygens (including phenoxy) is 1. The molecule has 1 aliphatic heterocycles. The normalized spacial score (nSPS) is 15.5. The van der Waals surface area contributed by atoms with Gasteiger partial charge in [0.2, 0.25) is 15.9 Å². The molecule has 174 valence electrons. The summed E-state index contributed by atoms with van der Waals surface area (Å²) in [6.45, 7) is 7.31. The average Bonchev–Trinajstić information content (AvgIpc) is 3.33. The third-order valence-electron chi connectivity index (χ3n) is 6.25. The Morgan fingerprint density at radius 3 is 2.44 bits per heavy atom. The number of sulfonamides is 1. The summed E-state index contributed by atoms with van der Waals surface area (Å²) >= 11 is 0. The minimum atomic E-state index is -3.51. The van der Waals surface area contributed by atoms with Crippen molar-refractivity contribution in [3.8, 4) is 5.75 Å². The third kappa shape index (κ3) is 5.51. The number of rotatable bonds is 9. The molecule has 0 aliphatic carbocycles. The topological polar surface area (TPSA) is 75.7 Å². The third-order valence-corrected chi connectivity index (χ3v) is 8.15. The van der Waals surface area contributed by atoms with Crippen LogP contribution in [0, 0.1) is 13.8 Å². The van der Waals surface area contributed by atoms with Crippen LogP contribution in [0.5, 0.6) is 5.75 Å². The van der Waals surface area contributed by atoms with E-state index in [2.05, 4.69) is 44.3 Å². The number of methoxy groups -OCH3 is 1. The van der Waals surface area contributed by atoms with E-state index in [0.29, 0.717) is 25.3 Å². The molecule has 1 fully saturated rings. The Balaban J connectivity index is 1.70. The molecule has 2 aromatic carbocycles. The molecule has 1 saturated heterocycles. The van der Waals surface area contributed by atoms with Crippen LogP contribution in [0.3, 0.4) is 0 Å². The van der Waals surface area contributed by atoms with Crippen LogP contribution in [0.4, 0.5) is 0 Å². The van der Waals surface area contributed by atoms with E-state index >= 15 is 0 Å². The maximum absolute atomic E-state index is 12.9. The molecule has 2 aromatic rings. The molecule has 0 bridgehead atoms. The lowest BCUT2D eigenvalue weighted by Crippen LogP contribution is -2.29. The van der Waals surface area contributed by atoms with Gasteiger partial charge in [0.15, 0.2) is 0 Å². The fraction of sp³-hybridized carbons (Fsp3) is 0.480. The minimum absolute atomic E-state index is 0.0504. The lowest BCUT2D eigenvalue weighted by molar-refractivity contribution is -0.121. The smallest absolute Gasteiger partial charge is 0.243 e. The van der Waals surface area contributed by atoms with Crippen molar-refractivity contribution in [2.75, 3.05) is 20.2 Å². The average molecular weight is 459 g/mol. The highest BCUT2D eigenvalue weighted by atomic mass is 32.2. The zero-order chi connectivity index (χ0) is 23.3. The van der Waals surface area contributed by atoms with Gasteiger partial charge < -0.3 is 10.1 Å². The molecule has 1 heterocycles. The lowest BCUT2D eigenvalue weighted by Gasteiger charge is -2.19. The molecule has 0 unspecified atom stereocenters. The second-order valence-corrected chi connectivity index (χ2v) is 10.4. The first-order chi connectivity index (χ1) is 15.3. The number of hydrogen-bond acceptors (Lipinski definition) is 4. The fourth-order valence-corrected chi connectivity index (χ4v) is 5.67. The number of amides is 1. The van der Waals surface area contributed by atoms with E-state index in [1.54, 1.807) is 25.3 Å². The van der Waals surface area contributed by atoms with Crippen LogP contribution in [-0.4, -0.2) is 38.8 Å². The van der Waals surface area contributed by atoms with Crippen molar-refractivity contribution < 1.29 is 17.9 Å². The number of benzene rings is 2. The van der Waals surface area contributed by atoms with Crippen LogP contribution in [-0.2, 0) is 21.2 Å². The number of aryl methyl sites for hydroxylation is 3. The van der Waals surface area contributed by atoms with Gasteiger partial charge in [-0.25, -0.2) is 8.42 Å². The van der Waals surface area contributed by atoms with Crippen LogP contribution < -0.4 is 10.1 Å². The van der Waals surface area contributed by atoms with Gasteiger partial charge in [-0.15, -0.1) is 0 Å². The Labute approximate surface area is 192 Å². The predicted molar refractivity (Wildman–Crippen MR) is 126 cm³/mol. The van der Waals surface area contributed by atoms with Crippen molar-refractivity contribution in [1.82, 2.24) is 9.62 Å². The molecule has 0 saturated carbocycles. The molecule has 1 N–H and O–H groups in total. The van der Waals surface area contributed by atoms with Crippen molar-refractivity contribution in [2.24, 2.45) is 0 Å². The minimum Gasteiger partial charge on any atom is -0.496 e. The predicted octanol–water partition coefficient (Wildman–Crippen LogP) is 4.30. The molecule has 0 spiro atoms. The highest BCUT2D eigenvalue weighted by Gasteiger charge is 2.28. The Bertz CT molecular complexity index is 1060. The quantitative estimate of drug-likeness (QED) is 0.608. The number of carbonyl (C=O) groups excluding carboxylic acids is 1.